The van der Waals surface area contributed by atoms with E-state index < -0.39 is 5.97 Å². The van der Waals surface area contributed by atoms with Crippen LogP contribution in [0.5, 0.6) is 0 Å². The molecule has 0 bridgehead atoms. The molecule has 2 aliphatic heterocycles. The summed E-state index contributed by atoms with van der Waals surface area (Å²) in [6, 6.07) is 0.147. The molecule has 1 N–H and O–H groups in total. The number of carbonyl (C=O) groups is 2. The Balaban J connectivity index is 1.75. The van der Waals surface area contributed by atoms with Gasteiger partial charge in [-0.15, -0.1) is 0 Å². The lowest BCUT2D eigenvalue weighted by Gasteiger charge is -2.36. The number of rotatable bonds is 3. The highest BCUT2D eigenvalue weighted by molar-refractivity contribution is 5.74. The first-order valence-electron chi connectivity index (χ1n) is 8.04. The normalized spacial score (nSPS) is 21.7. The van der Waals surface area contributed by atoms with Gasteiger partial charge in [0.15, 0.2) is 0 Å². The smallest absolute Gasteiger partial charge is 0.329 e. The van der Waals surface area contributed by atoms with Gasteiger partial charge < -0.3 is 19.6 Å². The average molecular weight is 298 g/mol. The van der Waals surface area contributed by atoms with Crippen molar-refractivity contribution in [2.24, 2.45) is 0 Å². The van der Waals surface area contributed by atoms with E-state index in [1.54, 1.807) is 0 Å². The molecule has 0 aromatic rings. The molecule has 0 saturated carbocycles. The third kappa shape index (κ3) is 5.19. The molecule has 6 nitrogen and oxygen atoms in total. The summed E-state index contributed by atoms with van der Waals surface area (Å²) in [5, 5.41) is 8.61. The zero-order valence-corrected chi connectivity index (χ0v) is 12.6. The highest BCUT2D eigenvalue weighted by Gasteiger charge is 2.27. The van der Waals surface area contributed by atoms with Crippen molar-refractivity contribution in [3.63, 3.8) is 0 Å². The third-order valence-electron chi connectivity index (χ3n) is 4.28. The van der Waals surface area contributed by atoms with Crippen LogP contribution in [0.3, 0.4) is 0 Å². The highest BCUT2D eigenvalue weighted by atomic mass is 16.5. The van der Waals surface area contributed by atoms with Crippen molar-refractivity contribution in [2.75, 3.05) is 32.8 Å². The molecule has 120 valence electrons. The minimum absolute atomic E-state index is 0.0301. The molecule has 0 spiro atoms. The van der Waals surface area contributed by atoms with Crippen LogP contribution >= 0.6 is 0 Å². The van der Waals surface area contributed by atoms with Crippen molar-refractivity contribution >= 4 is 12.0 Å². The molecule has 0 radical (unpaired) electrons. The second-order valence-corrected chi connectivity index (χ2v) is 5.93. The number of carbonyl (C=O) groups excluding carboxylic acids is 1. The van der Waals surface area contributed by atoms with E-state index in [-0.39, 0.29) is 18.7 Å². The Morgan fingerprint density at radius 3 is 2.00 bits per heavy atom. The maximum atomic E-state index is 12.5. The largest absolute Gasteiger partial charge is 0.480 e. The third-order valence-corrected chi connectivity index (χ3v) is 4.28. The summed E-state index contributed by atoms with van der Waals surface area (Å²) >= 11 is 0. The van der Waals surface area contributed by atoms with Gasteiger partial charge >= 0.3 is 12.0 Å². The number of carboxylic acids is 1. The quantitative estimate of drug-likeness (QED) is 0.864. The van der Waals surface area contributed by atoms with E-state index in [0.717, 1.165) is 38.8 Å². The SMILES string of the molecule is O=C(O)COC1CCN(C(=O)N2CCCCCCC2)CC1. The van der Waals surface area contributed by atoms with E-state index in [4.69, 9.17) is 9.84 Å². The maximum Gasteiger partial charge on any atom is 0.329 e. The molecule has 0 aromatic heterocycles. The first-order valence-corrected chi connectivity index (χ1v) is 8.04. The number of amides is 2. The molecule has 2 saturated heterocycles. The van der Waals surface area contributed by atoms with Crippen molar-refractivity contribution in [3.8, 4) is 0 Å². The minimum Gasteiger partial charge on any atom is -0.480 e. The standard InChI is InChI=1S/C15H26N2O4/c18-14(19)12-21-13-6-10-17(11-7-13)15(20)16-8-4-2-1-3-5-9-16/h13H,1-12H2,(H,18,19). The molecule has 21 heavy (non-hydrogen) atoms. The maximum absolute atomic E-state index is 12.5. The van der Waals surface area contributed by atoms with Crippen LogP contribution in [0.25, 0.3) is 0 Å². The molecule has 2 amide bonds. The summed E-state index contributed by atoms with van der Waals surface area (Å²) in [7, 11) is 0. The summed E-state index contributed by atoms with van der Waals surface area (Å²) in [5.74, 6) is -0.936. The van der Waals surface area contributed by atoms with E-state index in [9.17, 15) is 9.59 Å². The topological polar surface area (TPSA) is 70.1 Å². The Morgan fingerprint density at radius 1 is 0.905 bits per heavy atom. The van der Waals surface area contributed by atoms with Gasteiger partial charge in [-0.2, -0.15) is 0 Å². The molecule has 0 unspecified atom stereocenters. The predicted molar refractivity (Wildman–Crippen MR) is 78.2 cm³/mol. The number of hydrogen-bond donors (Lipinski definition) is 1. The zero-order chi connectivity index (χ0) is 15.1. The van der Waals surface area contributed by atoms with Gasteiger partial charge in [0.25, 0.3) is 0 Å². The van der Waals surface area contributed by atoms with Crippen LogP contribution in [0.2, 0.25) is 0 Å². The van der Waals surface area contributed by atoms with Gasteiger partial charge in [0.1, 0.15) is 6.61 Å². The fourth-order valence-corrected chi connectivity index (χ4v) is 3.04. The molecule has 2 heterocycles. The lowest BCUT2D eigenvalue weighted by atomic mass is 10.1. The first-order chi connectivity index (χ1) is 10.2. The summed E-state index contributed by atoms with van der Waals surface area (Å²) in [6.07, 6.45) is 7.35. The lowest BCUT2D eigenvalue weighted by Crippen LogP contribution is -2.48. The van der Waals surface area contributed by atoms with Crippen LogP contribution < -0.4 is 0 Å². The Kier molecular flexibility index (Phi) is 6.29. The van der Waals surface area contributed by atoms with Gasteiger partial charge in [-0.25, -0.2) is 9.59 Å². The fourth-order valence-electron chi connectivity index (χ4n) is 3.04. The number of piperidine rings is 1. The molecule has 6 heteroatoms. The Bertz CT molecular complexity index is 346. The van der Waals surface area contributed by atoms with E-state index >= 15 is 0 Å². The molecule has 2 aliphatic rings. The average Bonchev–Trinajstić information content (AvgIpc) is 2.45. The molecule has 2 rings (SSSR count). The van der Waals surface area contributed by atoms with Gasteiger partial charge in [0.2, 0.25) is 0 Å². The minimum atomic E-state index is -0.936. The number of aliphatic carboxylic acids is 1. The lowest BCUT2D eigenvalue weighted by molar-refractivity contribution is -0.145. The van der Waals surface area contributed by atoms with E-state index in [1.165, 1.54) is 19.3 Å². The van der Waals surface area contributed by atoms with Crippen LogP contribution in [0.15, 0.2) is 0 Å². The molecule has 0 aromatic carbocycles. The molecule has 2 fully saturated rings. The number of likely N-dealkylation sites (tertiary alicyclic amines) is 2. The molecule has 0 aliphatic carbocycles. The summed E-state index contributed by atoms with van der Waals surface area (Å²) < 4.78 is 5.30. The second kappa shape index (κ2) is 8.22. The monoisotopic (exact) mass is 298 g/mol. The number of ether oxygens (including phenoxy) is 1. The van der Waals surface area contributed by atoms with Crippen LogP contribution in [-0.4, -0.2) is 65.8 Å². The van der Waals surface area contributed by atoms with Gasteiger partial charge in [0.05, 0.1) is 6.10 Å². The molecular weight excluding hydrogens is 272 g/mol. The van der Waals surface area contributed by atoms with Gasteiger partial charge in [0, 0.05) is 26.2 Å². The van der Waals surface area contributed by atoms with Crippen molar-refractivity contribution in [3.05, 3.63) is 0 Å². The zero-order valence-electron chi connectivity index (χ0n) is 12.6. The van der Waals surface area contributed by atoms with Crippen LogP contribution in [0, 0.1) is 0 Å². The van der Waals surface area contributed by atoms with E-state index in [2.05, 4.69) is 0 Å². The Morgan fingerprint density at radius 2 is 1.43 bits per heavy atom. The van der Waals surface area contributed by atoms with Crippen molar-refractivity contribution < 1.29 is 19.4 Å². The summed E-state index contributed by atoms with van der Waals surface area (Å²) in [4.78, 5) is 26.9. The molecule has 0 atom stereocenters. The Labute approximate surface area is 126 Å². The van der Waals surface area contributed by atoms with Crippen LogP contribution in [-0.2, 0) is 9.53 Å². The van der Waals surface area contributed by atoms with Crippen molar-refractivity contribution in [2.45, 2.75) is 51.0 Å². The second-order valence-electron chi connectivity index (χ2n) is 5.93. The van der Waals surface area contributed by atoms with Gasteiger partial charge in [-0.3, -0.25) is 0 Å². The van der Waals surface area contributed by atoms with Crippen LogP contribution in [0.4, 0.5) is 4.79 Å². The predicted octanol–water partition coefficient (Wildman–Crippen LogP) is 1.94. The number of nitrogens with zero attached hydrogens (tertiary/aromatic N) is 2. The van der Waals surface area contributed by atoms with Crippen LogP contribution in [0.1, 0.15) is 44.9 Å². The summed E-state index contributed by atoms with van der Waals surface area (Å²) in [5.41, 5.74) is 0. The van der Waals surface area contributed by atoms with Gasteiger partial charge in [-0.05, 0) is 25.7 Å². The number of hydrogen-bond acceptors (Lipinski definition) is 3. The highest BCUT2D eigenvalue weighted by Crippen LogP contribution is 2.17. The van der Waals surface area contributed by atoms with Gasteiger partial charge in [-0.1, -0.05) is 19.3 Å². The van der Waals surface area contributed by atoms with E-state index in [1.807, 2.05) is 9.80 Å². The van der Waals surface area contributed by atoms with Crippen molar-refractivity contribution in [1.29, 1.82) is 0 Å². The summed E-state index contributed by atoms with van der Waals surface area (Å²) in [6.45, 7) is 2.83. The fraction of sp³-hybridized carbons (Fsp3) is 0.867. The number of carboxylic acid groups (broad SMARTS) is 1. The van der Waals surface area contributed by atoms with Crippen molar-refractivity contribution in [1.82, 2.24) is 9.80 Å². The van der Waals surface area contributed by atoms with E-state index in [0.29, 0.717) is 13.1 Å². The first kappa shape index (κ1) is 16.1. The Hall–Kier alpha value is -1.30. The molecular formula is C15H26N2O4. The number of urea groups is 1.